The topological polar surface area (TPSA) is 79.6 Å². The molecule has 0 spiro atoms. The van der Waals surface area contributed by atoms with E-state index in [4.69, 9.17) is 4.74 Å². The molecule has 0 bridgehead atoms. The fraction of sp³-hybridized carbons (Fsp3) is 0.333. The first-order chi connectivity index (χ1) is 12.5. The third kappa shape index (κ3) is 4.27. The van der Waals surface area contributed by atoms with Crippen molar-refractivity contribution in [2.24, 2.45) is 0 Å². The average Bonchev–Trinajstić information content (AvgIpc) is 2.65. The van der Waals surface area contributed by atoms with Gasteiger partial charge in [0.25, 0.3) is 5.91 Å². The first-order valence-electron chi connectivity index (χ1n) is 8.40. The van der Waals surface area contributed by atoms with E-state index in [9.17, 15) is 13.2 Å². The Balaban J connectivity index is 1.66. The highest BCUT2D eigenvalue weighted by molar-refractivity contribution is 7.89. The summed E-state index contributed by atoms with van der Waals surface area (Å²) in [6.07, 6.45) is 1.84. The van der Waals surface area contributed by atoms with Crippen LogP contribution in [0.4, 0.5) is 5.69 Å². The van der Waals surface area contributed by atoms with Crippen LogP contribution < -0.4 is 9.88 Å². The predicted octanol–water partition coefficient (Wildman–Crippen LogP) is 0.942. The van der Waals surface area contributed by atoms with Crippen molar-refractivity contribution in [1.82, 2.24) is 4.31 Å². The summed E-state index contributed by atoms with van der Waals surface area (Å²) in [6, 6.07) is 12.0. The molecule has 1 saturated heterocycles. The number of carbonyl (C=O) groups is 1. The number of amides is 1. The van der Waals surface area contributed by atoms with Gasteiger partial charge in [-0.2, -0.15) is 8.87 Å². The number of hydrogen-bond donors (Lipinski definition) is 1. The number of sulfonamides is 1. The van der Waals surface area contributed by atoms with Crippen LogP contribution in [-0.4, -0.2) is 44.9 Å². The zero-order valence-corrected chi connectivity index (χ0v) is 15.4. The van der Waals surface area contributed by atoms with Gasteiger partial charge < -0.3 is 10.1 Å². The molecule has 0 atom stereocenters. The zero-order chi connectivity index (χ0) is 18.6. The number of nitrogens with one attached hydrogen (secondary N) is 1. The van der Waals surface area contributed by atoms with Gasteiger partial charge in [-0.1, -0.05) is 6.07 Å². The summed E-state index contributed by atoms with van der Waals surface area (Å²) in [4.78, 5) is 12.4. The van der Waals surface area contributed by atoms with Gasteiger partial charge in [-0.3, -0.25) is 4.79 Å². The monoisotopic (exact) mass is 376 g/mol. The molecule has 1 aliphatic rings. The Labute approximate surface area is 153 Å². The van der Waals surface area contributed by atoms with Gasteiger partial charge in [0.05, 0.1) is 18.1 Å². The van der Waals surface area contributed by atoms with Crippen LogP contribution in [0, 0.1) is 6.92 Å². The van der Waals surface area contributed by atoms with E-state index in [0.29, 0.717) is 32.0 Å². The van der Waals surface area contributed by atoms with E-state index in [1.165, 1.54) is 16.4 Å². The van der Waals surface area contributed by atoms with Crippen LogP contribution in [0.3, 0.4) is 0 Å². The Hall–Kier alpha value is -2.29. The normalized spacial score (nSPS) is 15.6. The van der Waals surface area contributed by atoms with Crippen LogP contribution in [-0.2, 0) is 26.1 Å². The molecule has 1 fully saturated rings. The maximum Gasteiger partial charge on any atom is 0.290 e. The van der Waals surface area contributed by atoms with Gasteiger partial charge in [0, 0.05) is 37.8 Å². The standard InChI is InChI=1S/C18H21N3O4S/c1-15-4-2-3-9-20(15)14-18(22)19-16-5-7-17(8-6-16)26(23,24)21-10-12-25-13-11-21/h2-9H,10-14H2,1H3/p+1. The van der Waals surface area contributed by atoms with Crippen molar-refractivity contribution >= 4 is 21.6 Å². The Morgan fingerprint density at radius 1 is 1.15 bits per heavy atom. The van der Waals surface area contributed by atoms with Crippen molar-refractivity contribution in [1.29, 1.82) is 0 Å². The Morgan fingerprint density at radius 3 is 2.50 bits per heavy atom. The van der Waals surface area contributed by atoms with Gasteiger partial charge in [0.15, 0.2) is 11.9 Å². The van der Waals surface area contributed by atoms with Crippen molar-refractivity contribution < 1.29 is 22.5 Å². The number of carbonyl (C=O) groups excluding carboxylic acids is 1. The van der Waals surface area contributed by atoms with E-state index in [1.807, 2.05) is 35.9 Å². The number of morpholine rings is 1. The highest BCUT2D eigenvalue weighted by Crippen LogP contribution is 2.19. The smallest absolute Gasteiger partial charge is 0.290 e. The van der Waals surface area contributed by atoms with Crippen molar-refractivity contribution in [3.63, 3.8) is 0 Å². The Kier molecular flexibility index (Phi) is 5.65. The number of hydrogen-bond acceptors (Lipinski definition) is 4. The molecule has 1 aromatic heterocycles. The second-order valence-electron chi connectivity index (χ2n) is 6.06. The average molecular weight is 376 g/mol. The molecular formula is C18H22N3O4S+. The molecule has 1 amide bonds. The van der Waals surface area contributed by atoms with Crippen LogP contribution in [0.15, 0.2) is 53.6 Å². The van der Waals surface area contributed by atoms with Gasteiger partial charge in [-0.25, -0.2) is 8.42 Å². The number of nitrogens with zero attached hydrogens (tertiary/aromatic N) is 2. The molecule has 0 unspecified atom stereocenters. The minimum atomic E-state index is -3.52. The summed E-state index contributed by atoms with van der Waals surface area (Å²) in [5.74, 6) is -0.173. The molecule has 138 valence electrons. The van der Waals surface area contributed by atoms with Crippen molar-refractivity contribution in [2.75, 3.05) is 31.6 Å². The van der Waals surface area contributed by atoms with E-state index in [0.717, 1.165) is 5.69 Å². The number of aryl methyl sites for hydroxylation is 1. The van der Waals surface area contributed by atoms with Crippen LogP contribution >= 0.6 is 0 Å². The summed E-state index contributed by atoms with van der Waals surface area (Å²) >= 11 is 0. The van der Waals surface area contributed by atoms with Crippen molar-refractivity contribution in [2.45, 2.75) is 18.4 Å². The highest BCUT2D eigenvalue weighted by atomic mass is 32.2. The van der Waals surface area contributed by atoms with Gasteiger partial charge in [-0.05, 0) is 24.3 Å². The van der Waals surface area contributed by atoms with Crippen LogP contribution in [0.1, 0.15) is 5.69 Å². The number of rotatable bonds is 5. The second-order valence-corrected chi connectivity index (χ2v) is 8.00. The minimum Gasteiger partial charge on any atom is -0.379 e. The fourth-order valence-electron chi connectivity index (χ4n) is 2.74. The maximum atomic E-state index is 12.6. The van der Waals surface area contributed by atoms with E-state index >= 15 is 0 Å². The van der Waals surface area contributed by atoms with Crippen LogP contribution in [0.2, 0.25) is 0 Å². The molecule has 0 saturated carbocycles. The summed E-state index contributed by atoms with van der Waals surface area (Å²) in [5, 5.41) is 2.79. The van der Waals surface area contributed by atoms with E-state index in [-0.39, 0.29) is 17.3 Å². The summed E-state index contributed by atoms with van der Waals surface area (Å²) in [7, 11) is -3.52. The van der Waals surface area contributed by atoms with Gasteiger partial charge in [0.2, 0.25) is 16.6 Å². The molecule has 0 aliphatic carbocycles. The molecule has 2 heterocycles. The largest absolute Gasteiger partial charge is 0.379 e. The number of aromatic nitrogens is 1. The summed E-state index contributed by atoms with van der Waals surface area (Å²) in [6.45, 7) is 3.65. The lowest BCUT2D eigenvalue weighted by Gasteiger charge is -2.26. The molecule has 1 aromatic carbocycles. The lowest BCUT2D eigenvalue weighted by atomic mass is 10.3. The van der Waals surface area contributed by atoms with E-state index in [2.05, 4.69) is 5.32 Å². The first-order valence-corrected chi connectivity index (χ1v) is 9.84. The zero-order valence-electron chi connectivity index (χ0n) is 14.6. The van der Waals surface area contributed by atoms with Crippen molar-refractivity contribution in [3.8, 4) is 0 Å². The molecule has 1 aliphatic heterocycles. The number of benzene rings is 1. The number of pyridine rings is 1. The molecule has 1 N–H and O–H groups in total. The van der Waals surface area contributed by atoms with Gasteiger partial charge in [0.1, 0.15) is 0 Å². The van der Waals surface area contributed by atoms with Gasteiger partial charge in [-0.15, -0.1) is 0 Å². The highest BCUT2D eigenvalue weighted by Gasteiger charge is 2.26. The minimum absolute atomic E-state index is 0.173. The lowest BCUT2D eigenvalue weighted by Crippen LogP contribution is -2.42. The maximum absolute atomic E-state index is 12.6. The molecular weight excluding hydrogens is 354 g/mol. The Morgan fingerprint density at radius 2 is 1.85 bits per heavy atom. The SMILES string of the molecule is Cc1cccc[n+]1CC(=O)Nc1ccc(S(=O)(=O)N2CCOCC2)cc1. The third-order valence-corrected chi connectivity index (χ3v) is 6.14. The van der Waals surface area contributed by atoms with Crippen LogP contribution in [0.5, 0.6) is 0 Å². The molecule has 3 rings (SSSR count). The lowest BCUT2D eigenvalue weighted by molar-refractivity contribution is -0.690. The molecule has 26 heavy (non-hydrogen) atoms. The van der Waals surface area contributed by atoms with E-state index in [1.54, 1.807) is 12.1 Å². The first kappa shape index (κ1) is 18.5. The quantitative estimate of drug-likeness (QED) is 0.788. The number of anilines is 1. The van der Waals surface area contributed by atoms with Crippen molar-refractivity contribution in [3.05, 3.63) is 54.4 Å². The molecule has 8 heteroatoms. The summed E-state index contributed by atoms with van der Waals surface area (Å²) in [5.41, 5.74) is 1.54. The fourth-order valence-corrected chi connectivity index (χ4v) is 4.15. The van der Waals surface area contributed by atoms with Gasteiger partial charge >= 0.3 is 0 Å². The summed E-state index contributed by atoms with van der Waals surface area (Å²) < 4.78 is 33.6. The molecule has 7 nitrogen and oxygen atoms in total. The second kappa shape index (κ2) is 7.94. The molecule has 2 aromatic rings. The predicted molar refractivity (Wildman–Crippen MR) is 96.0 cm³/mol. The molecule has 0 radical (unpaired) electrons. The Bertz CT molecular complexity index is 876. The number of ether oxygens (including phenoxy) is 1. The van der Waals surface area contributed by atoms with E-state index < -0.39 is 10.0 Å². The van der Waals surface area contributed by atoms with Crippen LogP contribution in [0.25, 0.3) is 0 Å². The third-order valence-electron chi connectivity index (χ3n) is 4.23.